The molecule has 3 aromatic rings. The summed E-state index contributed by atoms with van der Waals surface area (Å²) in [5.74, 6) is 0.884. The molecule has 50 heavy (non-hydrogen) atoms. The second-order valence-corrected chi connectivity index (χ2v) is 15.9. The van der Waals surface area contributed by atoms with E-state index in [-0.39, 0.29) is 18.0 Å². The van der Waals surface area contributed by atoms with Crippen LogP contribution >= 0.6 is 11.6 Å². The highest BCUT2D eigenvalue weighted by Gasteiger charge is 2.31. The molecular weight excluding hydrogens is 678 g/mol. The largest absolute Gasteiger partial charge is 0.371 e. The first-order valence-corrected chi connectivity index (χ1v) is 19.3. The van der Waals surface area contributed by atoms with E-state index >= 15 is 0 Å². The van der Waals surface area contributed by atoms with Crippen molar-refractivity contribution in [1.82, 2.24) is 24.5 Å². The molecule has 13 nitrogen and oxygen atoms in total. The molecule has 0 unspecified atom stereocenters. The van der Waals surface area contributed by atoms with E-state index in [1.54, 1.807) is 27.7 Å². The lowest BCUT2D eigenvalue weighted by Crippen LogP contribution is -2.49. The van der Waals surface area contributed by atoms with Crippen molar-refractivity contribution in [1.29, 1.82) is 0 Å². The Hall–Kier alpha value is -3.98. The van der Waals surface area contributed by atoms with Crippen LogP contribution in [0.2, 0.25) is 5.02 Å². The number of urea groups is 1. The molecule has 2 aromatic carbocycles. The quantitative estimate of drug-likeness (QED) is 0.336. The third kappa shape index (κ3) is 7.98. The van der Waals surface area contributed by atoms with Crippen LogP contribution < -0.4 is 25.3 Å². The number of nitrogens with zero attached hydrogens (tertiary/aromatic N) is 7. The summed E-state index contributed by atoms with van der Waals surface area (Å²) in [5.41, 5.74) is 2.91. The van der Waals surface area contributed by atoms with Gasteiger partial charge in [0.25, 0.3) is 0 Å². The van der Waals surface area contributed by atoms with Crippen LogP contribution in [0.4, 0.5) is 27.8 Å². The van der Waals surface area contributed by atoms with Crippen molar-refractivity contribution in [2.24, 2.45) is 5.92 Å². The van der Waals surface area contributed by atoms with E-state index in [2.05, 4.69) is 47.4 Å². The smallest absolute Gasteiger partial charge is 0.328 e. The van der Waals surface area contributed by atoms with Crippen LogP contribution in [0.15, 0.2) is 65.8 Å². The van der Waals surface area contributed by atoms with Crippen molar-refractivity contribution in [3.05, 3.63) is 65.9 Å². The van der Waals surface area contributed by atoms with E-state index in [4.69, 9.17) is 11.6 Å². The fourth-order valence-corrected chi connectivity index (χ4v) is 8.99. The lowest BCUT2D eigenvalue weighted by Gasteiger charge is -2.40. The number of carbonyl (C=O) groups excluding carboxylic acids is 2. The van der Waals surface area contributed by atoms with Gasteiger partial charge in [-0.15, -0.1) is 0 Å². The average Bonchev–Trinajstić information content (AvgIpc) is 3.14. The molecule has 0 bridgehead atoms. The Morgan fingerprint density at radius 3 is 2.12 bits per heavy atom. The van der Waals surface area contributed by atoms with E-state index in [9.17, 15) is 18.0 Å². The van der Waals surface area contributed by atoms with Gasteiger partial charge in [-0.2, -0.15) is 4.31 Å². The summed E-state index contributed by atoms with van der Waals surface area (Å²) in [5, 5.41) is 6.15. The van der Waals surface area contributed by atoms with E-state index in [1.807, 2.05) is 30.3 Å². The van der Waals surface area contributed by atoms with Gasteiger partial charge in [-0.05, 0) is 74.1 Å². The van der Waals surface area contributed by atoms with Gasteiger partial charge in [0, 0.05) is 95.0 Å². The molecule has 4 aliphatic rings. The molecule has 0 spiro atoms. The molecule has 0 radical (unpaired) electrons. The minimum absolute atomic E-state index is 0.101. The van der Waals surface area contributed by atoms with Gasteiger partial charge >= 0.3 is 6.03 Å². The number of rotatable bonds is 9. The van der Waals surface area contributed by atoms with Gasteiger partial charge in [-0.3, -0.25) is 19.9 Å². The molecule has 266 valence electrons. The first-order chi connectivity index (χ1) is 24.2. The van der Waals surface area contributed by atoms with Crippen LogP contribution in [0.1, 0.15) is 32.1 Å². The average molecular weight is 722 g/mol. The first-order valence-electron chi connectivity index (χ1n) is 17.5. The molecule has 1 aromatic heterocycles. The summed E-state index contributed by atoms with van der Waals surface area (Å²) in [4.78, 5) is 41.3. The highest BCUT2D eigenvalue weighted by molar-refractivity contribution is 7.89. The van der Waals surface area contributed by atoms with Gasteiger partial charge in [0.2, 0.25) is 21.9 Å². The fourth-order valence-electron chi connectivity index (χ4n) is 7.38. The van der Waals surface area contributed by atoms with E-state index in [0.29, 0.717) is 60.7 Å². The summed E-state index contributed by atoms with van der Waals surface area (Å²) in [6.07, 6.45) is 6.90. The molecule has 5 heterocycles. The van der Waals surface area contributed by atoms with Gasteiger partial charge in [-0.1, -0.05) is 17.7 Å². The molecule has 0 atom stereocenters. The molecular formula is C35H44ClN9O4S. The third-order valence-electron chi connectivity index (χ3n) is 10.3. The Morgan fingerprint density at radius 1 is 0.780 bits per heavy atom. The first kappa shape index (κ1) is 34.5. The standard InChI is InChI=1S/C35H44ClN9O4S/c36-27-23-37-34(38-24-27)39-28-10-15-44(16-11-28)50(48,49)32-3-1-2-31(22-32)42-13-8-26(9-14-42)25-41-18-20-43(21-19-41)29-4-6-30(7-5-29)45-17-12-33(46)40-35(45)47/h1-7,22-24,26,28H,8-21,25H2,(H,37,38,39)(H,40,46,47). The number of sulfonamides is 1. The summed E-state index contributed by atoms with van der Waals surface area (Å²) >= 11 is 5.88. The van der Waals surface area contributed by atoms with Crippen LogP contribution in [0.25, 0.3) is 0 Å². The maximum Gasteiger partial charge on any atom is 0.328 e. The topological polar surface area (TPSA) is 134 Å². The minimum atomic E-state index is -3.60. The SMILES string of the molecule is O=C1CCN(c2ccc(N3CCN(CC4CCN(c5cccc(S(=O)(=O)N6CCC(Nc7ncc(Cl)cn7)CC6)c5)CC4)CC3)cc2)C(=O)N1. The van der Waals surface area contributed by atoms with Crippen LogP contribution in [0, 0.1) is 5.92 Å². The van der Waals surface area contributed by atoms with Crippen molar-refractivity contribution in [3.8, 4) is 0 Å². The van der Waals surface area contributed by atoms with E-state index in [1.165, 1.54) is 0 Å². The molecule has 4 fully saturated rings. The third-order valence-corrected chi connectivity index (χ3v) is 12.4. The zero-order valence-electron chi connectivity index (χ0n) is 28.1. The van der Waals surface area contributed by atoms with Crippen LogP contribution in [-0.2, 0) is 14.8 Å². The number of anilines is 4. The Labute approximate surface area is 298 Å². The second-order valence-electron chi connectivity index (χ2n) is 13.5. The van der Waals surface area contributed by atoms with Crippen molar-refractivity contribution in [2.75, 3.05) is 85.5 Å². The van der Waals surface area contributed by atoms with Crippen LogP contribution in [0.3, 0.4) is 0 Å². The Balaban J connectivity index is 0.855. The van der Waals surface area contributed by atoms with Crippen molar-refractivity contribution in [2.45, 2.75) is 43.0 Å². The normalized spacial score (nSPS) is 20.6. The molecule has 0 aliphatic carbocycles. The number of halogens is 1. The zero-order chi connectivity index (χ0) is 34.7. The maximum atomic E-state index is 13.6. The monoisotopic (exact) mass is 721 g/mol. The molecule has 2 N–H and O–H groups in total. The summed E-state index contributed by atoms with van der Waals surface area (Å²) in [6, 6.07) is 15.2. The Bertz CT molecular complexity index is 1760. The Kier molecular flexibility index (Phi) is 10.4. The maximum absolute atomic E-state index is 13.6. The number of hydrogen-bond donors (Lipinski definition) is 2. The van der Waals surface area contributed by atoms with Gasteiger partial charge in [-0.25, -0.2) is 23.2 Å². The van der Waals surface area contributed by atoms with Crippen LogP contribution in [-0.4, -0.2) is 111 Å². The molecule has 4 saturated heterocycles. The van der Waals surface area contributed by atoms with Gasteiger partial charge in [0.1, 0.15) is 0 Å². The van der Waals surface area contributed by atoms with E-state index in [0.717, 1.165) is 75.7 Å². The lowest BCUT2D eigenvalue weighted by molar-refractivity contribution is -0.120. The number of benzene rings is 2. The number of nitrogens with one attached hydrogen (secondary N) is 2. The van der Waals surface area contributed by atoms with Crippen molar-refractivity contribution >= 4 is 56.6 Å². The van der Waals surface area contributed by atoms with Crippen LogP contribution in [0.5, 0.6) is 0 Å². The number of amides is 3. The predicted octanol–water partition coefficient (Wildman–Crippen LogP) is 3.88. The number of aromatic nitrogens is 2. The molecule has 7 rings (SSSR count). The number of hydrogen-bond acceptors (Lipinski definition) is 10. The molecule has 0 saturated carbocycles. The fraction of sp³-hybridized carbons (Fsp3) is 0.486. The molecule has 3 amide bonds. The minimum Gasteiger partial charge on any atom is -0.371 e. The van der Waals surface area contributed by atoms with Gasteiger partial charge in [0.05, 0.1) is 22.3 Å². The van der Waals surface area contributed by atoms with Gasteiger partial charge in [0.15, 0.2) is 0 Å². The summed E-state index contributed by atoms with van der Waals surface area (Å²) in [7, 11) is -3.60. The molecule has 15 heteroatoms. The number of piperidine rings is 2. The van der Waals surface area contributed by atoms with Crippen molar-refractivity contribution < 1.29 is 18.0 Å². The summed E-state index contributed by atoms with van der Waals surface area (Å²) in [6.45, 7) is 8.07. The zero-order valence-corrected chi connectivity index (χ0v) is 29.7. The van der Waals surface area contributed by atoms with Gasteiger partial charge < -0.3 is 15.1 Å². The predicted molar refractivity (Wildman–Crippen MR) is 194 cm³/mol. The lowest BCUT2D eigenvalue weighted by atomic mass is 9.95. The molecule has 4 aliphatic heterocycles. The second kappa shape index (κ2) is 15.1. The van der Waals surface area contributed by atoms with E-state index < -0.39 is 10.0 Å². The number of imide groups is 1. The number of piperazine rings is 1. The highest BCUT2D eigenvalue weighted by Crippen LogP contribution is 2.29. The Morgan fingerprint density at radius 2 is 1.44 bits per heavy atom. The van der Waals surface area contributed by atoms with Crippen molar-refractivity contribution in [3.63, 3.8) is 0 Å². The summed E-state index contributed by atoms with van der Waals surface area (Å²) < 4.78 is 28.8. The highest BCUT2D eigenvalue weighted by atomic mass is 35.5. The number of carbonyl (C=O) groups is 2.